The highest BCUT2D eigenvalue weighted by atomic mass is 16.2. The number of carbonyl (C=O) groups is 3. The fourth-order valence-corrected chi connectivity index (χ4v) is 3.55. The Hall–Kier alpha value is -3.15. The Balaban J connectivity index is 1.35. The number of nitrogens with one attached hydrogen (secondary N) is 2. The minimum atomic E-state index is -0.246. The molecule has 1 aliphatic rings. The summed E-state index contributed by atoms with van der Waals surface area (Å²) in [6.45, 7) is 3.12. The van der Waals surface area contributed by atoms with Gasteiger partial charge in [0.25, 0.3) is 5.91 Å². The van der Waals surface area contributed by atoms with Crippen LogP contribution in [0.1, 0.15) is 40.7 Å². The van der Waals surface area contributed by atoms with Crippen LogP contribution >= 0.6 is 0 Å². The van der Waals surface area contributed by atoms with E-state index in [4.69, 9.17) is 0 Å². The van der Waals surface area contributed by atoms with Crippen molar-refractivity contribution in [2.75, 3.05) is 19.6 Å². The molecule has 3 rings (SSSR count). The van der Waals surface area contributed by atoms with Gasteiger partial charge in [-0.3, -0.25) is 14.4 Å². The van der Waals surface area contributed by atoms with Gasteiger partial charge >= 0.3 is 0 Å². The standard InChI is InChI=1S/C24H29N3O3/c1-18-7-10-20(11-8-18)24(30)25-17-23(29)27-15-13-21(14-16-27)26-22(28)12-9-19-5-3-2-4-6-19/h2-8,10-11,21H,9,12-17H2,1H3,(H,25,30)(H,26,28). The average Bonchev–Trinajstić information content (AvgIpc) is 2.77. The average molecular weight is 408 g/mol. The van der Waals surface area contributed by atoms with Gasteiger partial charge in [0, 0.05) is 31.1 Å². The Morgan fingerprint density at radius 1 is 0.967 bits per heavy atom. The first-order valence-electron chi connectivity index (χ1n) is 10.5. The second-order valence-corrected chi connectivity index (χ2v) is 7.76. The molecule has 0 saturated carbocycles. The largest absolute Gasteiger partial charge is 0.353 e. The zero-order chi connectivity index (χ0) is 21.3. The number of likely N-dealkylation sites (tertiary alicyclic amines) is 1. The van der Waals surface area contributed by atoms with Gasteiger partial charge in [-0.2, -0.15) is 0 Å². The minimum absolute atomic E-state index is 0.0131. The Labute approximate surface area is 177 Å². The summed E-state index contributed by atoms with van der Waals surface area (Å²) < 4.78 is 0. The van der Waals surface area contributed by atoms with E-state index in [1.54, 1.807) is 17.0 Å². The van der Waals surface area contributed by atoms with E-state index in [1.807, 2.05) is 49.4 Å². The predicted octanol–water partition coefficient (Wildman–Crippen LogP) is 2.46. The lowest BCUT2D eigenvalue weighted by atomic mass is 10.0. The topological polar surface area (TPSA) is 78.5 Å². The minimum Gasteiger partial charge on any atom is -0.353 e. The number of hydrogen-bond donors (Lipinski definition) is 2. The zero-order valence-electron chi connectivity index (χ0n) is 17.4. The summed E-state index contributed by atoms with van der Waals surface area (Å²) in [5.74, 6) is -0.290. The number of benzene rings is 2. The van der Waals surface area contributed by atoms with Crippen molar-refractivity contribution in [1.82, 2.24) is 15.5 Å². The maximum Gasteiger partial charge on any atom is 0.251 e. The summed E-state index contributed by atoms with van der Waals surface area (Å²) in [6.07, 6.45) is 2.66. The van der Waals surface area contributed by atoms with Crippen molar-refractivity contribution in [3.63, 3.8) is 0 Å². The second kappa shape index (κ2) is 10.6. The Bertz CT molecular complexity index is 857. The van der Waals surface area contributed by atoms with Crippen LogP contribution in [0.2, 0.25) is 0 Å². The first-order chi connectivity index (χ1) is 14.5. The monoisotopic (exact) mass is 407 g/mol. The van der Waals surface area contributed by atoms with E-state index in [2.05, 4.69) is 10.6 Å². The summed E-state index contributed by atoms with van der Waals surface area (Å²) >= 11 is 0. The number of aryl methyl sites for hydroxylation is 2. The highest BCUT2D eigenvalue weighted by molar-refractivity contribution is 5.96. The van der Waals surface area contributed by atoms with Crippen LogP contribution in [0.3, 0.4) is 0 Å². The van der Waals surface area contributed by atoms with Crippen LogP contribution in [0.25, 0.3) is 0 Å². The molecule has 0 spiro atoms. The van der Waals surface area contributed by atoms with Crippen LogP contribution in [0.5, 0.6) is 0 Å². The highest BCUT2D eigenvalue weighted by Crippen LogP contribution is 2.11. The molecule has 1 saturated heterocycles. The van der Waals surface area contributed by atoms with Crippen LogP contribution in [0, 0.1) is 6.92 Å². The number of rotatable bonds is 7. The van der Waals surface area contributed by atoms with Gasteiger partial charge in [-0.25, -0.2) is 0 Å². The summed E-state index contributed by atoms with van der Waals surface area (Å²) in [5, 5.41) is 5.77. The van der Waals surface area contributed by atoms with Gasteiger partial charge in [-0.1, -0.05) is 48.0 Å². The van der Waals surface area contributed by atoms with E-state index in [1.165, 1.54) is 0 Å². The molecule has 0 bridgehead atoms. The van der Waals surface area contributed by atoms with Crippen LogP contribution in [0.15, 0.2) is 54.6 Å². The molecule has 6 heteroatoms. The van der Waals surface area contributed by atoms with Crippen LogP contribution < -0.4 is 10.6 Å². The van der Waals surface area contributed by atoms with E-state index in [0.717, 1.165) is 30.4 Å². The smallest absolute Gasteiger partial charge is 0.251 e. The zero-order valence-corrected chi connectivity index (χ0v) is 17.4. The quantitative estimate of drug-likeness (QED) is 0.740. The van der Waals surface area contributed by atoms with Crippen molar-refractivity contribution >= 4 is 17.7 Å². The molecule has 2 aromatic rings. The SMILES string of the molecule is Cc1ccc(C(=O)NCC(=O)N2CCC(NC(=O)CCc3ccccc3)CC2)cc1. The van der Waals surface area contributed by atoms with Gasteiger partial charge in [0.05, 0.1) is 6.54 Å². The van der Waals surface area contributed by atoms with Gasteiger partial charge in [0.15, 0.2) is 0 Å². The molecule has 0 unspecified atom stereocenters. The van der Waals surface area contributed by atoms with Crippen LogP contribution in [0.4, 0.5) is 0 Å². The molecule has 1 aliphatic heterocycles. The second-order valence-electron chi connectivity index (χ2n) is 7.76. The highest BCUT2D eigenvalue weighted by Gasteiger charge is 2.24. The van der Waals surface area contributed by atoms with Crippen molar-refractivity contribution in [3.8, 4) is 0 Å². The molecule has 2 N–H and O–H groups in total. The molecule has 0 radical (unpaired) electrons. The number of hydrogen-bond acceptors (Lipinski definition) is 3. The molecule has 0 atom stereocenters. The van der Waals surface area contributed by atoms with E-state index >= 15 is 0 Å². The number of piperidine rings is 1. The van der Waals surface area contributed by atoms with Gasteiger partial charge < -0.3 is 15.5 Å². The van der Waals surface area contributed by atoms with E-state index in [-0.39, 0.29) is 30.3 Å². The van der Waals surface area contributed by atoms with Crippen LogP contribution in [-0.4, -0.2) is 48.3 Å². The fraction of sp³-hybridized carbons (Fsp3) is 0.375. The predicted molar refractivity (Wildman–Crippen MR) is 116 cm³/mol. The first kappa shape index (κ1) is 21.6. The molecule has 3 amide bonds. The van der Waals surface area contributed by atoms with Crippen molar-refractivity contribution < 1.29 is 14.4 Å². The lowest BCUT2D eigenvalue weighted by Gasteiger charge is -2.32. The number of amides is 3. The molecule has 6 nitrogen and oxygen atoms in total. The summed E-state index contributed by atoms with van der Waals surface area (Å²) in [4.78, 5) is 38.5. The van der Waals surface area contributed by atoms with Gasteiger partial charge in [0.2, 0.25) is 11.8 Å². The van der Waals surface area contributed by atoms with E-state index in [0.29, 0.717) is 25.1 Å². The summed E-state index contributed by atoms with van der Waals surface area (Å²) in [7, 11) is 0. The van der Waals surface area contributed by atoms with Gasteiger partial charge in [-0.05, 0) is 43.9 Å². The molecule has 158 valence electrons. The van der Waals surface area contributed by atoms with Gasteiger partial charge in [0.1, 0.15) is 0 Å². The summed E-state index contributed by atoms with van der Waals surface area (Å²) in [6, 6.07) is 17.3. The Kier molecular flexibility index (Phi) is 7.60. The Morgan fingerprint density at radius 2 is 1.63 bits per heavy atom. The Morgan fingerprint density at radius 3 is 2.30 bits per heavy atom. The third kappa shape index (κ3) is 6.44. The molecule has 2 aromatic carbocycles. The third-order valence-corrected chi connectivity index (χ3v) is 5.41. The molecular formula is C24H29N3O3. The van der Waals surface area contributed by atoms with Crippen molar-refractivity contribution in [1.29, 1.82) is 0 Å². The molecule has 1 heterocycles. The normalized spacial score (nSPS) is 14.2. The molecule has 0 aliphatic carbocycles. The summed E-state index contributed by atoms with van der Waals surface area (Å²) in [5.41, 5.74) is 2.78. The first-order valence-corrected chi connectivity index (χ1v) is 10.5. The third-order valence-electron chi connectivity index (χ3n) is 5.41. The molecule has 1 fully saturated rings. The maximum absolute atomic E-state index is 12.4. The maximum atomic E-state index is 12.4. The van der Waals surface area contributed by atoms with Crippen molar-refractivity contribution in [2.45, 2.75) is 38.6 Å². The lowest BCUT2D eigenvalue weighted by molar-refractivity contribution is -0.131. The van der Waals surface area contributed by atoms with Crippen molar-refractivity contribution in [3.05, 3.63) is 71.3 Å². The lowest BCUT2D eigenvalue weighted by Crippen LogP contribution is -2.49. The number of carbonyl (C=O) groups excluding carboxylic acids is 3. The fourth-order valence-electron chi connectivity index (χ4n) is 3.55. The molecule has 0 aromatic heterocycles. The number of nitrogens with zero attached hydrogens (tertiary/aromatic N) is 1. The van der Waals surface area contributed by atoms with E-state index < -0.39 is 0 Å². The van der Waals surface area contributed by atoms with Crippen molar-refractivity contribution in [2.24, 2.45) is 0 Å². The van der Waals surface area contributed by atoms with Gasteiger partial charge in [-0.15, -0.1) is 0 Å². The van der Waals surface area contributed by atoms with Crippen LogP contribution in [-0.2, 0) is 16.0 Å². The molecule has 30 heavy (non-hydrogen) atoms. The molecular weight excluding hydrogens is 378 g/mol. The van der Waals surface area contributed by atoms with E-state index in [9.17, 15) is 14.4 Å².